The summed E-state index contributed by atoms with van der Waals surface area (Å²) in [5.41, 5.74) is 0.468. The fourth-order valence-corrected chi connectivity index (χ4v) is 4.63. The molecule has 8 nitrogen and oxygen atoms in total. The largest absolute Gasteiger partial charge is 0.378 e. The van der Waals surface area contributed by atoms with Crippen molar-refractivity contribution < 1.29 is 17.9 Å². The van der Waals surface area contributed by atoms with E-state index in [9.17, 15) is 13.2 Å². The Morgan fingerprint density at radius 2 is 2.12 bits per heavy atom. The zero-order valence-electron chi connectivity index (χ0n) is 15.0. The number of nitrogens with zero attached hydrogens (tertiary/aromatic N) is 2. The molecule has 1 atom stereocenters. The van der Waals surface area contributed by atoms with Gasteiger partial charge in [-0.15, -0.1) is 0 Å². The Bertz CT molecular complexity index is 734. The van der Waals surface area contributed by atoms with Gasteiger partial charge in [0.2, 0.25) is 15.9 Å². The summed E-state index contributed by atoms with van der Waals surface area (Å²) in [4.78, 5) is 14.6. The first kappa shape index (κ1) is 19.2. The van der Waals surface area contributed by atoms with E-state index in [0.29, 0.717) is 45.1 Å². The molecule has 0 saturated carbocycles. The van der Waals surface area contributed by atoms with Crippen molar-refractivity contribution >= 4 is 21.6 Å². The molecule has 1 amide bonds. The minimum atomic E-state index is -3.58. The Kier molecular flexibility index (Phi) is 6.25. The van der Waals surface area contributed by atoms with Crippen LogP contribution in [0.2, 0.25) is 0 Å². The van der Waals surface area contributed by atoms with Crippen LogP contribution in [0.4, 0.5) is 5.69 Å². The van der Waals surface area contributed by atoms with Crippen LogP contribution < -0.4 is 10.6 Å². The number of anilines is 1. The summed E-state index contributed by atoms with van der Waals surface area (Å²) in [5.74, 6) is -0.226. The maximum atomic E-state index is 12.9. The minimum absolute atomic E-state index is 0.202. The van der Waals surface area contributed by atoms with E-state index in [1.165, 1.54) is 10.4 Å². The van der Waals surface area contributed by atoms with Crippen molar-refractivity contribution in [2.24, 2.45) is 0 Å². The normalized spacial score (nSPS) is 23.3. The van der Waals surface area contributed by atoms with Crippen LogP contribution in [0, 0.1) is 0 Å². The first-order valence-electron chi connectivity index (χ1n) is 8.87. The van der Waals surface area contributed by atoms with Gasteiger partial charge in [-0.1, -0.05) is 6.07 Å². The molecular weight excluding hydrogens is 356 g/mol. The van der Waals surface area contributed by atoms with Gasteiger partial charge in [0.05, 0.1) is 18.1 Å². The third kappa shape index (κ3) is 4.60. The predicted molar refractivity (Wildman–Crippen MR) is 98.6 cm³/mol. The number of morpholine rings is 1. The molecule has 2 saturated heterocycles. The Balaban J connectivity index is 1.72. The second-order valence-electron chi connectivity index (χ2n) is 6.66. The highest BCUT2D eigenvalue weighted by atomic mass is 32.2. The molecule has 3 rings (SSSR count). The lowest BCUT2D eigenvalue weighted by Crippen LogP contribution is -2.48. The van der Waals surface area contributed by atoms with E-state index < -0.39 is 16.1 Å². The summed E-state index contributed by atoms with van der Waals surface area (Å²) in [6.07, 6.45) is 0.805. The van der Waals surface area contributed by atoms with Crippen LogP contribution in [-0.4, -0.2) is 82.6 Å². The van der Waals surface area contributed by atoms with E-state index in [-0.39, 0.29) is 10.8 Å². The van der Waals surface area contributed by atoms with Crippen LogP contribution in [0.25, 0.3) is 0 Å². The average Bonchev–Trinajstić information content (AvgIpc) is 2.87. The molecule has 1 unspecified atom stereocenters. The smallest absolute Gasteiger partial charge is 0.243 e. The Morgan fingerprint density at radius 3 is 2.88 bits per heavy atom. The molecule has 0 aliphatic carbocycles. The van der Waals surface area contributed by atoms with Gasteiger partial charge < -0.3 is 20.3 Å². The van der Waals surface area contributed by atoms with Gasteiger partial charge in [0.25, 0.3) is 0 Å². The second-order valence-corrected chi connectivity index (χ2v) is 8.60. The summed E-state index contributed by atoms with van der Waals surface area (Å²) in [6, 6.07) is 6.01. The highest BCUT2D eigenvalue weighted by Crippen LogP contribution is 2.21. The van der Waals surface area contributed by atoms with Crippen molar-refractivity contribution in [2.75, 3.05) is 58.3 Å². The quantitative estimate of drug-likeness (QED) is 0.758. The minimum Gasteiger partial charge on any atom is -0.378 e. The van der Waals surface area contributed by atoms with Crippen molar-refractivity contribution in [1.82, 2.24) is 14.5 Å². The molecule has 9 heteroatoms. The Labute approximate surface area is 154 Å². The van der Waals surface area contributed by atoms with E-state index in [2.05, 4.69) is 15.5 Å². The summed E-state index contributed by atoms with van der Waals surface area (Å²) in [7, 11) is -1.58. The third-order valence-corrected chi connectivity index (χ3v) is 6.55. The van der Waals surface area contributed by atoms with Crippen molar-refractivity contribution in [2.45, 2.75) is 17.4 Å². The molecule has 0 radical (unpaired) electrons. The third-order valence-electron chi connectivity index (χ3n) is 4.66. The topological polar surface area (TPSA) is 91.0 Å². The summed E-state index contributed by atoms with van der Waals surface area (Å²) in [6.45, 7) is 4.09. The summed E-state index contributed by atoms with van der Waals surface area (Å²) < 4.78 is 32.7. The molecule has 144 valence electrons. The number of benzene rings is 1. The van der Waals surface area contributed by atoms with Gasteiger partial charge in [-0.05, 0) is 38.2 Å². The molecule has 1 aromatic carbocycles. The number of rotatable bonds is 4. The van der Waals surface area contributed by atoms with Gasteiger partial charge in [0.1, 0.15) is 6.04 Å². The van der Waals surface area contributed by atoms with Crippen LogP contribution >= 0.6 is 0 Å². The van der Waals surface area contributed by atoms with Gasteiger partial charge >= 0.3 is 0 Å². The molecule has 2 fully saturated rings. The zero-order valence-corrected chi connectivity index (χ0v) is 15.8. The number of ether oxygens (including phenoxy) is 1. The lowest BCUT2D eigenvalue weighted by molar-refractivity contribution is -0.120. The summed E-state index contributed by atoms with van der Waals surface area (Å²) in [5, 5.41) is 5.85. The van der Waals surface area contributed by atoms with Crippen molar-refractivity contribution in [1.29, 1.82) is 0 Å². The van der Waals surface area contributed by atoms with Gasteiger partial charge in [0, 0.05) is 31.9 Å². The molecular formula is C17H26N4O4S. The Morgan fingerprint density at radius 1 is 1.27 bits per heavy atom. The van der Waals surface area contributed by atoms with E-state index >= 15 is 0 Å². The molecule has 2 heterocycles. The lowest BCUT2D eigenvalue weighted by Gasteiger charge is -2.23. The first-order chi connectivity index (χ1) is 12.5. The second kappa shape index (κ2) is 8.45. The van der Waals surface area contributed by atoms with Crippen LogP contribution in [-0.2, 0) is 19.6 Å². The zero-order chi connectivity index (χ0) is 18.6. The van der Waals surface area contributed by atoms with Crippen molar-refractivity contribution in [3.8, 4) is 0 Å². The molecule has 0 spiro atoms. The standard InChI is InChI=1S/C17H26N4O4S/c1-20-7-3-8-21(10-9-20)26(23,24)15-5-2-4-14(12-15)19-17(22)16-13-25-11-6-18-16/h2,4-5,12,16,18H,3,6-11,13H2,1H3,(H,19,22). The maximum Gasteiger partial charge on any atom is 0.243 e. The van der Waals surface area contributed by atoms with Gasteiger partial charge in [-0.25, -0.2) is 8.42 Å². The molecule has 2 N–H and O–H groups in total. The van der Waals surface area contributed by atoms with Crippen LogP contribution in [0.5, 0.6) is 0 Å². The van der Waals surface area contributed by atoms with Crippen molar-refractivity contribution in [3.05, 3.63) is 24.3 Å². The van der Waals surface area contributed by atoms with Crippen LogP contribution in [0.3, 0.4) is 0 Å². The number of carbonyl (C=O) groups excluding carboxylic acids is 1. The van der Waals surface area contributed by atoms with E-state index in [4.69, 9.17) is 4.74 Å². The van der Waals surface area contributed by atoms with Crippen LogP contribution in [0.1, 0.15) is 6.42 Å². The van der Waals surface area contributed by atoms with Gasteiger partial charge in [0.15, 0.2) is 0 Å². The number of carbonyl (C=O) groups is 1. The molecule has 0 aromatic heterocycles. The molecule has 26 heavy (non-hydrogen) atoms. The average molecular weight is 382 g/mol. The number of nitrogens with one attached hydrogen (secondary N) is 2. The van der Waals surface area contributed by atoms with E-state index in [0.717, 1.165) is 13.0 Å². The maximum absolute atomic E-state index is 12.9. The highest BCUT2D eigenvalue weighted by Gasteiger charge is 2.27. The van der Waals surface area contributed by atoms with Crippen LogP contribution in [0.15, 0.2) is 29.2 Å². The number of likely N-dealkylation sites (N-methyl/N-ethyl adjacent to an activating group) is 1. The summed E-state index contributed by atoms with van der Waals surface area (Å²) >= 11 is 0. The lowest BCUT2D eigenvalue weighted by atomic mass is 10.2. The molecule has 1 aromatic rings. The monoisotopic (exact) mass is 382 g/mol. The first-order valence-corrected chi connectivity index (χ1v) is 10.3. The SMILES string of the molecule is CN1CCCN(S(=O)(=O)c2cccc(NC(=O)C3COCCN3)c2)CC1. The highest BCUT2D eigenvalue weighted by molar-refractivity contribution is 7.89. The molecule has 0 bridgehead atoms. The Hall–Kier alpha value is -1.52. The van der Waals surface area contributed by atoms with E-state index in [1.54, 1.807) is 18.2 Å². The van der Waals surface area contributed by atoms with Gasteiger partial charge in [-0.3, -0.25) is 4.79 Å². The number of amides is 1. The fraction of sp³-hybridized carbons (Fsp3) is 0.588. The molecule has 2 aliphatic rings. The van der Waals surface area contributed by atoms with Crippen molar-refractivity contribution in [3.63, 3.8) is 0 Å². The van der Waals surface area contributed by atoms with E-state index in [1.807, 2.05) is 7.05 Å². The van der Waals surface area contributed by atoms with Gasteiger partial charge in [-0.2, -0.15) is 4.31 Å². The number of sulfonamides is 1. The number of hydrogen-bond acceptors (Lipinski definition) is 6. The fourth-order valence-electron chi connectivity index (χ4n) is 3.11. The molecule has 2 aliphatic heterocycles. The number of hydrogen-bond donors (Lipinski definition) is 2. The predicted octanol–water partition coefficient (Wildman–Crippen LogP) is -0.0603.